The molecule has 6 nitrogen and oxygen atoms in total. The highest BCUT2D eigenvalue weighted by Gasteiger charge is 2.17. The quantitative estimate of drug-likeness (QED) is 0.889. The number of nitrogens with zero attached hydrogens (tertiary/aromatic N) is 2. The molecule has 0 spiro atoms. The Balaban J connectivity index is 2.87. The molecule has 0 aliphatic rings. The number of hydrogen-bond acceptors (Lipinski definition) is 5. The Hall–Kier alpha value is -1.89. The molecule has 2 heterocycles. The lowest BCUT2D eigenvalue weighted by Crippen LogP contribution is -2.17. The molecule has 2 rings (SSSR count). The number of aromatic nitrogens is 2. The predicted octanol–water partition coefficient (Wildman–Crippen LogP) is 1.18. The molecule has 0 radical (unpaired) electrons. The average molecular weight is 254 g/mol. The maximum atomic E-state index is 11.9. The fraction of sp³-hybridized carbons (Fsp3) is 0.300. The topological polar surface area (TPSA) is 81.4 Å². The van der Waals surface area contributed by atoms with Crippen LogP contribution in [0.4, 0.5) is 0 Å². The van der Waals surface area contributed by atoms with Crippen molar-refractivity contribution in [2.75, 3.05) is 7.11 Å². The lowest BCUT2D eigenvalue weighted by Gasteiger charge is -2.04. The van der Waals surface area contributed by atoms with Crippen molar-refractivity contribution in [3.8, 4) is 5.19 Å². The molecule has 0 aliphatic carbocycles. The van der Waals surface area contributed by atoms with E-state index in [2.05, 4.69) is 4.98 Å². The number of thiazole rings is 1. The van der Waals surface area contributed by atoms with Gasteiger partial charge in [-0.25, -0.2) is 4.79 Å². The van der Waals surface area contributed by atoms with E-state index in [1.807, 2.05) is 6.92 Å². The minimum Gasteiger partial charge on any atom is -0.477 e. The third-order valence-corrected chi connectivity index (χ3v) is 3.35. The van der Waals surface area contributed by atoms with Gasteiger partial charge in [-0.1, -0.05) is 11.3 Å². The van der Waals surface area contributed by atoms with Gasteiger partial charge in [-0.15, -0.1) is 0 Å². The van der Waals surface area contributed by atoms with E-state index in [-0.39, 0.29) is 5.56 Å². The number of hydrogen-bond donors (Lipinski definition) is 1. The van der Waals surface area contributed by atoms with E-state index in [4.69, 9.17) is 9.84 Å². The molecule has 0 saturated heterocycles. The van der Waals surface area contributed by atoms with E-state index in [0.29, 0.717) is 22.1 Å². The summed E-state index contributed by atoms with van der Waals surface area (Å²) in [5.41, 5.74) is -0.298. The summed E-state index contributed by atoms with van der Waals surface area (Å²) in [7, 11) is 1.45. The molecule has 1 N–H and O–H groups in total. The average Bonchev–Trinajstić information content (AvgIpc) is 2.74. The van der Waals surface area contributed by atoms with E-state index >= 15 is 0 Å². The fourth-order valence-corrected chi connectivity index (χ4v) is 2.36. The van der Waals surface area contributed by atoms with E-state index in [0.717, 1.165) is 11.3 Å². The number of pyridine rings is 1. The number of rotatable bonds is 3. The smallest absolute Gasteiger partial charge is 0.341 e. The summed E-state index contributed by atoms with van der Waals surface area (Å²) in [5.74, 6) is -1.23. The molecule has 2 aromatic rings. The van der Waals surface area contributed by atoms with Crippen molar-refractivity contribution in [3.05, 3.63) is 22.0 Å². The van der Waals surface area contributed by atoms with Gasteiger partial charge in [0.15, 0.2) is 5.65 Å². The van der Waals surface area contributed by atoms with Gasteiger partial charge in [0, 0.05) is 12.7 Å². The molecule has 17 heavy (non-hydrogen) atoms. The summed E-state index contributed by atoms with van der Waals surface area (Å²) < 4.78 is 6.89. The van der Waals surface area contributed by atoms with Crippen LogP contribution in [0.2, 0.25) is 0 Å². The normalized spacial score (nSPS) is 10.7. The van der Waals surface area contributed by atoms with Crippen LogP contribution >= 0.6 is 11.3 Å². The molecular weight excluding hydrogens is 244 g/mol. The number of aromatic carboxylic acids is 1. The van der Waals surface area contributed by atoms with Crippen molar-refractivity contribution in [1.29, 1.82) is 0 Å². The molecule has 0 saturated carbocycles. The van der Waals surface area contributed by atoms with Crippen LogP contribution in [0, 0.1) is 0 Å². The van der Waals surface area contributed by atoms with Gasteiger partial charge in [-0.3, -0.25) is 4.79 Å². The largest absolute Gasteiger partial charge is 0.477 e. The summed E-state index contributed by atoms with van der Waals surface area (Å²) in [6, 6.07) is 0. The van der Waals surface area contributed by atoms with Gasteiger partial charge < -0.3 is 14.4 Å². The zero-order valence-corrected chi connectivity index (χ0v) is 10.1. The summed E-state index contributed by atoms with van der Waals surface area (Å²) in [4.78, 5) is 27.0. The summed E-state index contributed by atoms with van der Waals surface area (Å²) in [5, 5.41) is 9.30. The molecule has 90 valence electrons. The molecule has 0 amide bonds. The lowest BCUT2D eigenvalue weighted by atomic mass is 10.2. The summed E-state index contributed by atoms with van der Waals surface area (Å²) in [6.45, 7) is 2.38. The third kappa shape index (κ3) is 1.78. The standard InChI is InChI=1S/C10H10N2O4S/c1-3-12-4-5(9(14)15)6(13)7-8(12)11-10(16-2)17-7/h4H,3H2,1-2H3,(H,14,15). The highest BCUT2D eigenvalue weighted by atomic mass is 32.1. The molecule has 0 atom stereocenters. The Labute approximate surface area is 100 Å². The van der Waals surface area contributed by atoms with E-state index < -0.39 is 11.4 Å². The number of methoxy groups -OCH3 is 1. The van der Waals surface area contributed by atoms with Crippen molar-refractivity contribution < 1.29 is 14.6 Å². The number of ether oxygens (including phenoxy) is 1. The Morgan fingerprint density at radius 1 is 1.65 bits per heavy atom. The molecule has 0 aromatic carbocycles. The second kappa shape index (κ2) is 4.17. The number of aryl methyl sites for hydroxylation is 1. The van der Waals surface area contributed by atoms with Crippen molar-refractivity contribution in [2.24, 2.45) is 0 Å². The summed E-state index contributed by atoms with van der Waals surface area (Å²) >= 11 is 1.05. The Morgan fingerprint density at radius 2 is 2.35 bits per heavy atom. The maximum Gasteiger partial charge on any atom is 0.341 e. The van der Waals surface area contributed by atoms with Gasteiger partial charge in [0.1, 0.15) is 10.3 Å². The number of carboxylic acids is 1. The van der Waals surface area contributed by atoms with E-state index in [1.54, 1.807) is 4.57 Å². The second-order valence-electron chi connectivity index (χ2n) is 3.30. The first kappa shape index (κ1) is 11.6. The van der Waals surface area contributed by atoms with Crippen molar-refractivity contribution in [2.45, 2.75) is 13.5 Å². The van der Waals surface area contributed by atoms with Gasteiger partial charge in [0.25, 0.3) is 5.19 Å². The molecular formula is C10H10N2O4S. The first-order chi connectivity index (χ1) is 8.08. The second-order valence-corrected chi connectivity index (χ2v) is 4.26. The monoisotopic (exact) mass is 254 g/mol. The molecule has 0 bridgehead atoms. The first-order valence-electron chi connectivity index (χ1n) is 4.89. The van der Waals surface area contributed by atoms with Crippen LogP contribution in [0.1, 0.15) is 17.3 Å². The zero-order chi connectivity index (χ0) is 12.6. The Bertz CT molecular complexity index is 644. The highest BCUT2D eigenvalue weighted by Crippen LogP contribution is 2.25. The number of carbonyl (C=O) groups is 1. The van der Waals surface area contributed by atoms with Crippen LogP contribution in [0.5, 0.6) is 5.19 Å². The molecule has 7 heteroatoms. The van der Waals surface area contributed by atoms with E-state index in [9.17, 15) is 9.59 Å². The maximum absolute atomic E-state index is 11.9. The van der Waals surface area contributed by atoms with Crippen LogP contribution < -0.4 is 10.2 Å². The summed E-state index contributed by atoms with van der Waals surface area (Å²) in [6.07, 6.45) is 1.31. The van der Waals surface area contributed by atoms with Crippen LogP contribution in [0.3, 0.4) is 0 Å². The Kier molecular flexibility index (Phi) is 2.84. The van der Waals surface area contributed by atoms with E-state index in [1.165, 1.54) is 13.3 Å². The van der Waals surface area contributed by atoms with Crippen LogP contribution in [0.15, 0.2) is 11.0 Å². The van der Waals surface area contributed by atoms with Crippen LogP contribution in [-0.2, 0) is 6.54 Å². The number of carboxylic acid groups (broad SMARTS) is 1. The zero-order valence-electron chi connectivity index (χ0n) is 9.26. The molecule has 0 aliphatic heterocycles. The van der Waals surface area contributed by atoms with Crippen LogP contribution in [0.25, 0.3) is 10.3 Å². The predicted molar refractivity (Wildman–Crippen MR) is 63.1 cm³/mol. The molecule has 0 fully saturated rings. The number of fused-ring (bicyclic) bond motifs is 1. The lowest BCUT2D eigenvalue weighted by molar-refractivity contribution is 0.0695. The fourth-order valence-electron chi connectivity index (χ4n) is 1.51. The highest BCUT2D eigenvalue weighted by molar-refractivity contribution is 7.20. The van der Waals surface area contributed by atoms with Gasteiger partial charge in [0.05, 0.1) is 7.11 Å². The molecule has 2 aromatic heterocycles. The first-order valence-corrected chi connectivity index (χ1v) is 5.71. The minimum atomic E-state index is -1.23. The SMILES string of the molecule is CCn1cc(C(=O)O)c(=O)c2sc(OC)nc21. The van der Waals surface area contributed by atoms with Crippen molar-refractivity contribution in [3.63, 3.8) is 0 Å². The van der Waals surface area contributed by atoms with Crippen molar-refractivity contribution >= 4 is 27.7 Å². The minimum absolute atomic E-state index is 0.245. The van der Waals surface area contributed by atoms with Gasteiger partial charge >= 0.3 is 5.97 Å². The van der Waals surface area contributed by atoms with Crippen molar-refractivity contribution in [1.82, 2.24) is 9.55 Å². The van der Waals surface area contributed by atoms with Gasteiger partial charge in [0.2, 0.25) is 5.43 Å². The van der Waals surface area contributed by atoms with Gasteiger partial charge in [-0.2, -0.15) is 4.98 Å². The molecule has 0 unspecified atom stereocenters. The van der Waals surface area contributed by atoms with Crippen LogP contribution in [-0.4, -0.2) is 27.7 Å². The van der Waals surface area contributed by atoms with Gasteiger partial charge in [-0.05, 0) is 6.92 Å². The third-order valence-electron chi connectivity index (χ3n) is 2.34. The Morgan fingerprint density at radius 3 is 2.88 bits per heavy atom.